The third-order valence-electron chi connectivity index (χ3n) is 2.85. The van der Waals surface area contributed by atoms with Crippen LogP contribution in [0, 0.1) is 11.6 Å². The molecule has 0 heterocycles. The molecule has 0 spiro atoms. The molecule has 0 unspecified atom stereocenters. The number of rotatable bonds is 4. The minimum absolute atomic E-state index is 0.185. The molecule has 0 aliphatic rings. The number of carbonyl (C=O) groups is 1. The molecule has 110 valence electrons. The van der Waals surface area contributed by atoms with Gasteiger partial charge in [0.25, 0.3) is 0 Å². The summed E-state index contributed by atoms with van der Waals surface area (Å²) in [6.07, 6.45) is 0. The lowest BCUT2D eigenvalue weighted by molar-refractivity contribution is 0.0600. The third-order valence-corrected chi connectivity index (χ3v) is 3.31. The van der Waals surface area contributed by atoms with Crippen molar-refractivity contribution in [2.75, 3.05) is 12.4 Å². The minimum atomic E-state index is -0.673. The minimum Gasteiger partial charge on any atom is -0.465 e. The predicted octanol–water partition coefficient (Wildman–Crippen LogP) is 4.13. The number of carbonyl (C=O) groups excluding carboxylic acids is 1. The molecular formula is C15H12BrF2NO2. The molecule has 2 aromatic rings. The van der Waals surface area contributed by atoms with E-state index >= 15 is 0 Å². The van der Waals surface area contributed by atoms with Crippen molar-refractivity contribution in [3.05, 3.63) is 63.6 Å². The molecule has 0 bridgehead atoms. The lowest BCUT2D eigenvalue weighted by Crippen LogP contribution is -2.05. The van der Waals surface area contributed by atoms with Crippen LogP contribution in [0.25, 0.3) is 0 Å². The quantitative estimate of drug-likeness (QED) is 0.838. The average molecular weight is 356 g/mol. The molecule has 0 amide bonds. The van der Waals surface area contributed by atoms with Gasteiger partial charge in [0.05, 0.1) is 12.7 Å². The van der Waals surface area contributed by atoms with Gasteiger partial charge in [-0.25, -0.2) is 13.6 Å². The van der Waals surface area contributed by atoms with Crippen molar-refractivity contribution in [3.63, 3.8) is 0 Å². The van der Waals surface area contributed by atoms with Gasteiger partial charge in [-0.05, 0) is 29.8 Å². The molecule has 0 saturated heterocycles. The van der Waals surface area contributed by atoms with E-state index in [1.165, 1.54) is 19.2 Å². The first-order valence-electron chi connectivity index (χ1n) is 6.07. The largest absolute Gasteiger partial charge is 0.465 e. The van der Waals surface area contributed by atoms with E-state index in [2.05, 4.69) is 26.0 Å². The Kier molecular flexibility index (Phi) is 4.90. The fraction of sp³-hybridized carbons (Fsp3) is 0.133. The highest BCUT2D eigenvalue weighted by atomic mass is 79.9. The summed E-state index contributed by atoms with van der Waals surface area (Å²) in [7, 11) is 1.30. The van der Waals surface area contributed by atoms with Crippen molar-refractivity contribution in [2.45, 2.75) is 6.54 Å². The van der Waals surface area contributed by atoms with Crippen LogP contribution in [0.5, 0.6) is 0 Å². The lowest BCUT2D eigenvalue weighted by Gasteiger charge is -2.09. The monoisotopic (exact) mass is 355 g/mol. The van der Waals surface area contributed by atoms with E-state index in [1.807, 2.05) is 0 Å². The van der Waals surface area contributed by atoms with E-state index in [4.69, 9.17) is 0 Å². The molecular weight excluding hydrogens is 344 g/mol. The van der Waals surface area contributed by atoms with Gasteiger partial charge >= 0.3 is 5.97 Å². The van der Waals surface area contributed by atoms with Gasteiger partial charge in [-0.3, -0.25) is 0 Å². The molecule has 2 rings (SSSR count). The number of ether oxygens (including phenoxy) is 1. The number of nitrogens with one attached hydrogen (secondary N) is 1. The molecule has 0 aromatic heterocycles. The first kappa shape index (κ1) is 15.4. The Labute approximate surface area is 129 Å². The maximum absolute atomic E-state index is 13.6. The van der Waals surface area contributed by atoms with Crippen molar-refractivity contribution in [1.82, 2.24) is 0 Å². The second-order valence-electron chi connectivity index (χ2n) is 4.29. The van der Waals surface area contributed by atoms with Crippen molar-refractivity contribution < 1.29 is 18.3 Å². The van der Waals surface area contributed by atoms with Gasteiger partial charge in [-0.15, -0.1) is 0 Å². The van der Waals surface area contributed by atoms with E-state index in [9.17, 15) is 13.6 Å². The maximum atomic E-state index is 13.6. The molecule has 21 heavy (non-hydrogen) atoms. The first-order valence-corrected chi connectivity index (χ1v) is 6.86. The Morgan fingerprint density at radius 1 is 1.19 bits per heavy atom. The third kappa shape index (κ3) is 3.78. The van der Waals surface area contributed by atoms with Crippen LogP contribution in [0.4, 0.5) is 14.5 Å². The van der Waals surface area contributed by atoms with Crippen LogP contribution in [0.15, 0.2) is 40.9 Å². The number of benzene rings is 2. The highest BCUT2D eigenvalue weighted by Gasteiger charge is 2.10. The Balaban J connectivity index is 2.08. The molecule has 0 fully saturated rings. The van der Waals surface area contributed by atoms with Crippen LogP contribution in [0.1, 0.15) is 15.9 Å². The summed E-state index contributed by atoms with van der Waals surface area (Å²) in [6, 6.07) is 8.94. The molecule has 2 aromatic carbocycles. The highest BCUT2D eigenvalue weighted by molar-refractivity contribution is 9.10. The van der Waals surface area contributed by atoms with E-state index in [1.54, 1.807) is 24.3 Å². The second kappa shape index (κ2) is 6.67. The van der Waals surface area contributed by atoms with Gasteiger partial charge in [0, 0.05) is 11.0 Å². The zero-order chi connectivity index (χ0) is 15.4. The molecule has 6 heteroatoms. The predicted molar refractivity (Wildman–Crippen MR) is 79.2 cm³/mol. The molecule has 0 radical (unpaired) electrons. The van der Waals surface area contributed by atoms with Gasteiger partial charge in [-0.1, -0.05) is 28.1 Å². The molecule has 1 N–H and O–H groups in total. The van der Waals surface area contributed by atoms with E-state index in [0.29, 0.717) is 10.0 Å². The Morgan fingerprint density at radius 2 is 1.76 bits per heavy atom. The van der Waals surface area contributed by atoms with Gasteiger partial charge in [0.15, 0.2) is 0 Å². The summed E-state index contributed by atoms with van der Waals surface area (Å²) < 4.78 is 32.2. The Hall–Kier alpha value is -1.95. The maximum Gasteiger partial charge on any atom is 0.337 e. The van der Waals surface area contributed by atoms with E-state index < -0.39 is 17.6 Å². The number of methoxy groups -OCH3 is 1. The zero-order valence-corrected chi connectivity index (χ0v) is 12.7. The number of esters is 1. The number of anilines is 1. The van der Waals surface area contributed by atoms with Crippen molar-refractivity contribution in [2.24, 2.45) is 0 Å². The van der Waals surface area contributed by atoms with Crippen LogP contribution >= 0.6 is 15.9 Å². The van der Waals surface area contributed by atoms with Crippen molar-refractivity contribution in [1.29, 1.82) is 0 Å². The van der Waals surface area contributed by atoms with Crippen LogP contribution in [-0.2, 0) is 11.3 Å². The zero-order valence-electron chi connectivity index (χ0n) is 11.1. The SMILES string of the molecule is COC(=O)c1ccc(CNc2c(F)cc(Br)cc2F)cc1. The van der Waals surface area contributed by atoms with Crippen LogP contribution in [0.3, 0.4) is 0 Å². The van der Waals surface area contributed by atoms with Crippen LogP contribution in [-0.4, -0.2) is 13.1 Å². The summed E-state index contributed by atoms with van der Waals surface area (Å²) in [6.45, 7) is 0.233. The summed E-state index contributed by atoms with van der Waals surface area (Å²) in [5.41, 5.74) is 1.02. The van der Waals surface area contributed by atoms with E-state index in [-0.39, 0.29) is 12.2 Å². The summed E-state index contributed by atoms with van der Waals surface area (Å²) >= 11 is 3.02. The molecule has 0 saturated carbocycles. The van der Waals surface area contributed by atoms with Gasteiger partial charge in [-0.2, -0.15) is 0 Å². The summed E-state index contributed by atoms with van der Waals surface area (Å²) in [4.78, 5) is 11.3. The van der Waals surface area contributed by atoms with E-state index in [0.717, 1.165) is 5.56 Å². The molecule has 3 nitrogen and oxygen atoms in total. The fourth-order valence-corrected chi connectivity index (χ4v) is 2.18. The highest BCUT2D eigenvalue weighted by Crippen LogP contribution is 2.24. The first-order chi connectivity index (χ1) is 10.0. The van der Waals surface area contributed by atoms with Crippen LogP contribution < -0.4 is 5.32 Å². The molecule has 0 atom stereocenters. The summed E-state index contributed by atoms with van der Waals surface area (Å²) in [5.74, 6) is -1.78. The average Bonchev–Trinajstić information content (AvgIpc) is 2.46. The lowest BCUT2D eigenvalue weighted by atomic mass is 10.1. The Bertz CT molecular complexity index is 636. The van der Waals surface area contributed by atoms with Crippen LogP contribution in [0.2, 0.25) is 0 Å². The standard InChI is InChI=1S/C15H12BrF2NO2/c1-21-15(20)10-4-2-9(3-5-10)8-19-14-12(17)6-11(16)7-13(14)18/h2-7,19H,8H2,1H3. The van der Waals surface area contributed by atoms with Gasteiger partial charge in [0.2, 0.25) is 0 Å². The summed E-state index contributed by atoms with van der Waals surface area (Å²) in [5, 5.41) is 2.70. The normalized spacial score (nSPS) is 10.3. The number of halogens is 3. The molecule has 0 aliphatic carbocycles. The van der Waals surface area contributed by atoms with Crippen molar-refractivity contribution >= 4 is 27.6 Å². The van der Waals surface area contributed by atoms with Gasteiger partial charge in [0.1, 0.15) is 17.3 Å². The molecule has 0 aliphatic heterocycles. The number of hydrogen-bond donors (Lipinski definition) is 1. The van der Waals surface area contributed by atoms with Crippen molar-refractivity contribution in [3.8, 4) is 0 Å². The second-order valence-corrected chi connectivity index (χ2v) is 5.20. The number of hydrogen-bond acceptors (Lipinski definition) is 3. The fourth-order valence-electron chi connectivity index (χ4n) is 1.78. The smallest absolute Gasteiger partial charge is 0.337 e. The topological polar surface area (TPSA) is 38.3 Å². The Morgan fingerprint density at radius 3 is 2.29 bits per heavy atom. The van der Waals surface area contributed by atoms with Gasteiger partial charge < -0.3 is 10.1 Å².